The Balaban J connectivity index is 2.40. The van der Waals surface area contributed by atoms with Gasteiger partial charge in [0.15, 0.2) is 0 Å². The summed E-state index contributed by atoms with van der Waals surface area (Å²) in [5, 5.41) is 7.74. The van der Waals surface area contributed by atoms with Crippen LogP contribution in [0.1, 0.15) is 12.5 Å². The van der Waals surface area contributed by atoms with Crippen molar-refractivity contribution in [3.8, 4) is 0 Å². The standard InChI is InChI=1S/C10H16N2O2S/c1-9(12-8-15(11,13)14)7-10-5-3-2-4-6-10/h2-6,9,12H,7-8H2,1H3,(H2,11,13,14). The first-order valence-corrected chi connectivity index (χ1v) is 6.47. The third-order valence-electron chi connectivity index (χ3n) is 2.02. The molecule has 1 atom stereocenters. The topological polar surface area (TPSA) is 72.2 Å². The fourth-order valence-corrected chi connectivity index (χ4v) is 1.82. The van der Waals surface area contributed by atoms with Crippen molar-refractivity contribution >= 4 is 10.0 Å². The predicted molar refractivity (Wildman–Crippen MR) is 60.7 cm³/mol. The number of nitrogens with one attached hydrogen (secondary N) is 1. The molecule has 1 rings (SSSR count). The zero-order valence-electron chi connectivity index (χ0n) is 8.68. The largest absolute Gasteiger partial charge is 0.300 e. The second-order valence-corrected chi connectivity index (χ2v) is 5.22. The molecule has 0 aliphatic rings. The number of hydrogen-bond acceptors (Lipinski definition) is 3. The van der Waals surface area contributed by atoms with Gasteiger partial charge in [-0.25, -0.2) is 13.6 Å². The van der Waals surface area contributed by atoms with Crippen LogP contribution < -0.4 is 10.5 Å². The molecule has 0 aromatic heterocycles. The van der Waals surface area contributed by atoms with Crippen LogP contribution in [0.4, 0.5) is 0 Å². The van der Waals surface area contributed by atoms with Gasteiger partial charge in [0.1, 0.15) is 5.88 Å². The van der Waals surface area contributed by atoms with Gasteiger partial charge in [0, 0.05) is 6.04 Å². The van der Waals surface area contributed by atoms with E-state index in [1.54, 1.807) is 0 Å². The molecule has 0 radical (unpaired) electrons. The van der Waals surface area contributed by atoms with Gasteiger partial charge in [0.25, 0.3) is 0 Å². The highest BCUT2D eigenvalue weighted by Crippen LogP contribution is 2.02. The Morgan fingerprint density at radius 2 is 1.93 bits per heavy atom. The molecule has 4 nitrogen and oxygen atoms in total. The van der Waals surface area contributed by atoms with Crippen molar-refractivity contribution in [2.24, 2.45) is 5.14 Å². The SMILES string of the molecule is CC(Cc1ccccc1)NCS(N)(=O)=O. The van der Waals surface area contributed by atoms with E-state index in [2.05, 4.69) is 5.32 Å². The Hall–Kier alpha value is -0.910. The van der Waals surface area contributed by atoms with Crippen LogP contribution in [-0.2, 0) is 16.4 Å². The molecule has 0 heterocycles. The van der Waals surface area contributed by atoms with Gasteiger partial charge in [-0.3, -0.25) is 5.32 Å². The lowest BCUT2D eigenvalue weighted by molar-refractivity contribution is 0.557. The number of primary sulfonamides is 1. The minimum absolute atomic E-state index is 0.0886. The first kappa shape index (κ1) is 12.2. The van der Waals surface area contributed by atoms with Gasteiger partial charge in [-0.05, 0) is 18.9 Å². The molecule has 0 amide bonds. The van der Waals surface area contributed by atoms with Gasteiger partial charge in [0.05, 0.1) is 0 Å². The fourth-order valence-electron chi connectivity index (χ4n) is 1.30. The average molecular weight is 228 g/mol. The molecule has 0 spiro atoms. The maximum absolute atomic E-state index is 10.7. The first-order valence-electron chi connectivity index (χ1n) is 4.75. The van der Waals surface area contributed by atoms with Crippen LogP contribution in [-0.4, -0.2) is 20.3 Å². The van der Waals surface area contributed by atoms with Crippen LogP contribution in [0.25, 0.3) is 0 Å². The van der Waals surface area contributed by atoms with Crippen molar-refractivity contribution in [2.45, 2.75) is 19.4 Å². The normalized spacial score (nSPS) is 13.7. The molecule has 1 aromatic carbocycles. The van der Waals surface area contributed by atoms with E-state index in [1.165, 1.54) is 5.56 Å². The Morgan fingerprint density at radius 1 is 1.33 bits per heavy atom. The molecule has 0 saturated carbocycles. The van der Waals surface area contributed by atoms with Crippen molar-refractivity contribution in [1.82, 2.24) is 5.32 Å². The average Bonchev–Trinajstić information content (AvgIpc) is 2.15. The summed E-state index contributed by atoms with van der Waals surface area (Å²) in [5.41, 5.74) is 1.17. The molecule has 0 aliphatic carbocycles. The van der Waals surface area contributed by atoms with Crippen molar-refractivity contribution in [3.05, 3.63) is 35.9 Å². The lowest BCUT2D eigenvalue weighted by atomic mass is 10.1. The third kappa shape index (κ3) is 5.51. The fraction of sp³-hybridized carbons (Fsp3) is 0.400. The number of hydrogen-bond donors (Lipinski definition) is 2. The highest BCUT2D eigenvalue weighted by molar-refractivity contribution is 7.89. The lowest BCUT2D eigenvalue weighted by Gasteiger charge is -2.12. The lowest BCUT2D eigenvalue weighted by Crippen LogP contribution is -2.35. The van der Waals surface area contributed by atoms with Crippen LogP contribution in [0.3, 0.4) is 0 Å². The van der Waals surface area contributed by atoms with Gasteiger partial charge in [0.2, 0.25) is 10.0 Å². The van der Waals surface area contributed by atoms with Crippen LogP contribution >= 0.6 is 0 Å². The van der Waals surface area contributed by atoms with E-state index in [4.69, 9.17) is 5.14 Å². The molecular formula is C10H16N2O2S. The molecule has 1 aromatic rings. The van der Waals surface area contributed by atoms with E-state index in [-0.39, 0.29) is 11.9 Å². The van der Waals surface area contributed by atoms with Gasteiger partial charge in [-0.1, -0.05) is 30.3 Å². The van der Waals surface area contributed by atoms with Crippen molar-refractivity contribution in [3.63, 3.8) is 0 Å². The summed E-state index contributed by atoms with van der Waals surface area (Å²) in [6.45, 7) is 1.93. The predicted octanol–water partition coefficient (Wildman–Crippen LogP) is 0.453. The Labute approximate surface area is 90.5 Å². The summed E-state index contributed by atoms with van der Waals surface area (Å²) in [4.78, 5) is 0. The highest BCUT2D eigenvalue weighted by atomic mass is 32.2. The summed E-state index contributed by atoms with van der Waals surface area (Å²) >= 11 is 0. The van der Waals surface area contributed by atoms with Crippen LogP contribution in [0, 0.1) is 0 Å². The summed E-state index contributed by atoms with van der Waals surface area (Å²) in [6.07, 6.45) is 0.788. The Morgan fingerprint density at radius 3 is 2.47 bits per heavy atom. The van der Waals surface area contributed by atoms with Gasteiger partial charge >= 0.3 is 0 Å². The Kier molecular flexibility index (Phi) is 4.26. The van der Waals surface area contributed by atoms with Gasteiger partial charge in [-0.2, -0.15) is 0 Å². The number of rotatable bonds is 5. The molecule has 5 heteroatoms. The number of benzene rings is 1. The molecule has 3 N–H and O–H groups in total. The summed E-state index contributed by atoms with van der Waals surface area (Å²) < 4.78 is 21.4. The smallest absolute Gasteiger partial charge is 0.222 e. The third-order valence-corrected chi connectivity index (χ3v) is 2.59. The molecule has 0 saturated heterocycles. The summed E-state index contributed by atoms with van der Waals surface area (Å²) in [7, 11) is -3.42. The molecule has 1 unspecified atom stereocenters. The van der Waals surface area contributed by atoms with Crippen LogP contribution in [0.5, 0.6) is 0 Å². The van der Waals surface area contributed by atoms with Crippen molar-refractivity contribution in [2.75, 3.05) is 5.88 Å². The van der Waals surface area contributed by atoms with Crippen molar-refractivity contribution < 1.29 is 8.42 Å². The number of sulfonamides is 1. The second-order valence-electron chi connectivity index (χ2n) is 3.60. The maximum Gasteiger partial charge on any atom is 0.222 e. The summed E-state index contributed by atoms with van der Waals surface area (Å²) in [6, 6.07) is 9.98. The first-order chi connectivity index (χ1) is 6.97. The monoisotopic (exact) mass is 228 g/mol. The van der Waals surface area contributed by atoms with E-state index in [9.17, 15) is 8.42 Å². The molecule has 0 fully saturated rings. The summed E-state index contributed by atoms with van der Waals surface area (Å²) in [5.74, 6) is -0.180. The number of nitrogens with two attached hydrogens (primary N) is 1. The van der Waals surface area contributed by atoms with E-state index in [1.807, 2.05) is 37.3 Å². The minimum atomic E-state index is -3.42. The zero-order valence-corrected chi connectivity index (χ0v) is 9.50. The molecule has 15 heavy (non-hydrogen) atoms. The Bertz CT molecular complexity index is 389. The van der Waals surface area contributed by atoms with Gasteiger partial charge < -0.3 is 0 Å². The molecule has 0 bridgehead atoms. The molecule has 84 valence electrons. The maximum atomic E-state index is 10.7. The quantitative estimate of drug-likeness (QED) is 0.768. The second kappa shape index (κ2) is 5.25. The van der Waals surface area contributed by atoms with Crippen LogP contribution in [0.2, 0.25) is 0 Å². The van der Waals surface area contributed by atoms with E-state index >= 15 is 0 Å². The highest BCUT2D eigenvalue weighted by Gasteiger charge is 2.06. The van der Waals surface area contributed by atoms with E-state index < -0.39 is 10.0 Å². The molecule has 0 aliphatic heterocycles. The zero-order chi connectivity index (χ0) is 11.3. The minimum Gasteiger partial charge on any atom is -0.300 e. The van der Waals surface area contributed by atoms with E-state index in [0.29, 0.717) is 0 Å². The van der Waals surface area contributed by atoms with Gasteiger partial charge in [-0.15, -0.1) is 0 Å². The van der Waals surface area contributed by atoms with Crippen LogP contribution in [0.15, 0.2) is 30.3 Å². The van der Waals surface area contributed by atoms with E-state index in [0.717, 1.165) is 6.42 Å². The molecular weight excluding hydrogens is 212 g/mol. The van der Waals surface area contributed by atoms with Crippen molar-refractivity contribution in [1.29, 1.82) is 0 Å².